The van der Waals surface area contributed by atoms with Crippen molar-refractivity contribution in [2.45, 2.75) is 36.4 Å². The molecule has 2 aromatic carbocycles. The predicted molar refractivity (Wildman–Crippen MR) is 111 cm³/mol. The van der Waals surface area contributed by atoms with Crippen molar-refractivity contribution >= 4 is 21.6 Å². The van der Waals surface area contributed by atoms with Gasteiger partial charge >= 0.3 is 0 Å². The van der Waals surface area contributed by atoms with Crippen molar-refractivity contribution < 1.29 is 0 Å². The van der Waals surface area contributed by atoms with Crippen LogP contribution in [0.5, 0.6) is 0 Å². The van der Waals surface area contributed by atoms with Crippen LogP contribution in [0, 0.1) is 0 Å². The van der Waals surface area contributed by atoms with E-state index in [0.717, 1.165) is 0 Å². The van der Waals surface area contributed by atoms with Gasteiger partial charge in [0, 0.05) is 12.1 Å². The quantitative estimate of drug-likeness (QED) is 0.610. The summed E-state index contributed by atoms with van der Waals surface area (Å²) in [6, 6.07) is 22.4. The van der Waals surface area contributed by atoms with Crippen molar-refractivity contribution in [3.8, 4) is 0 Å². The second-order valence-electron chi connectivity index (χ2n) is 6.01. The highest BCUT2D eigenvalue weighted by Gasteiger charge is 2.24. The summed E-state index contributed by atoms with van der Waals surface area (Å²) in [7, 11) is 8.01. The minimum atomic E-state index is 0.409. The standard InChI is InChI=1S/C20H28N2S2/c1-15(21-3)19(17-11-7-5-8-12-17)23-24-20(16(2)22-4)18-13-9-6-10-14-18/h5-16,19-22H,1-4H3/t15-,16-,19+,20+/m1/s1. The van der Waals surface area contributed by atoms with E-state index in [9.17, 15) is 0 Å². The molecule has 24 heavy (non-hydrogen) atoms. The summed E-state index contributed by atoms with van der Waals surface area (Å²) in [5.74, 6) is 0. The Morgan fingerprint density at radius 1 is 0.625 bits per heavy atom. The van der Waals surface area contributed by atoms with E-state index in [1.807, 2.05) is 35.7 Å². The van der Waals surface area contributed by atoms with Gasteiger partial charge < -0.3 is 10.6 Å². The molecular formula is C20H28N2S2. The van der Waals surface area contributed by atoms with E-state index in [1.54, 1.807) is 0 Å². The first-order valence-electron chi connectivity index (χ1n) is 8.44. The fraction of sp³-hybridized carbons (Fsp3) is 0.400. The Labute approximate surface area is 154 Å². The lowest BCUT2D eigenvalue weighted by atomic mass is 10.1. The lowest BCUT2D eigenvalue weighted by Crippen LogP contribution is -2.28. The van der Waals surface area contributed by atoms with Crippen molar-refractivity contribution in [1.29, 1.82) is 0 Å². The zero-order valence-corrected chi connectivity index (χ0v) is 16.5. The third-order valence-electron chi connectivity index (χ3n) is 4.34. The molecule has 2 rings (SSSR count). The molecule has 0 saturated heterocycles. The average molecular weight is 361 g/mol. The van der Waals surface area contributed by atoms with E-state index in [2.05, 4.69) is 85.1 Å². The summed E-state index contributed by atoms with van der Waals surface area (Å²) >= 11 is 0. The number of hydrogen-bond acceptors (Lipinski definition) is 4. The van der Waals surface area contributed by atoms with Gasteiger partial charge in [-0.15, -0.1) is 0 Å². The normalized spacial score (nSPS) is 16.3. The molecule has 0 aliphatic rings. The minimum absolute atomic E-state index is 0.409. The lowest BCUT2D eigenvalue weighted by Gasteiger charge is -2.28. The van der Waals surface area contributed by atoms with Gasteiger partial charge in [-0.05, 0) is 39.1 Å². The Morgan fingerprint density at radius 2 is 0.958 bits per heavy atom. The van der Waals surface area contributed by atoms with Gasteiger partial charge in [0.1, 0.15) is 0 Å². The molecule has 0 amide bonds. The van der Waals surface area contributed by atoms with Crippen LogP contribution in [0.4, 0.5) is 0 Å². The number of rotatable bonds is 9. The lowest BCUT2D eigenvalue weighted by molar-refractivity contribution is 0.596. The molecule has 4 atom stereocenters. The number of hydrogen-bond donors (Lipinski definition) is 2. The number of nitrogens with one attached hydrogen (secondary N) is 2. The molecule has 0 aliphatic heterocycles. The number of benzene rings is 2. The third kappa shape index (κ3) is 5.28. The van der Waals surface area contributed by atoms with Gasteiger partial charge in [0.25, 0.3) is 0 Å². The molecular weight excluding hydrogens is 332 g/mol. The average Bonchev–Trinajstić information content (AvgIpc) is 2.65. The van der Waals surface area contributed by atoms with Crippen LogP contribution in [0.25, 0.3) is 0 Å². The highest BCUT2D eigenvalue weighted by molar-refractivity contribution is 8.76. The second-order valence-corrected chi connectivity index (χ2v) is 8.57. The Bertz CT molecular complexity index is 523. The van der Waals surface area contributed by atoms with Crippen LogP contribution in [0.2, 0.25) is 0 Å². The maximum Gasteiger partial charge on any atom is 0.0551 e. The van der Waals surface area contributed by atoms with Crippen molar-refractivity contribution in [1.82, 2.24) is 10.6 Å². The van der Waals surface area contributed by atoms with Gasteiger partial charge in [0.2, 0.25) is 0 Å². The van der Waals surface area contributed by atoms with Gasteiger partial charge in [0.05, 0.1) is 10.5 Å². The Hall–Kier alpha value is -0.940. The van der Waals surface area contributed by atoms with Crippen LogP contribution in [0.15, 0.2) is 60.7 Å². The zero-order chi connectivity index (χ0) is 17.4. The molecule has 0 spiro atoms. The predicted octanol–water partition coefficient (Wildman–Crippen LogP) is 5.07. The molecule has 130 valence electrons. The van der Waals surface area contributed by atoms with Crippen molar-refractivity contribution in [2.75, 3.05) is 14.1 Å². The zero-order valence-electron chi connectivity index (χ0n) is 14.9. The van der Waals surface area contributed by atoms with Crippen molar-refractivity contribution in [2.24, 2.45) is 0 Å². The molecule has 0 radical (unpaired) electrons. The Balaban J connectivity index is 2.15. The largest absolute Gasteiger partial charge is 0.316 e. The topological polar surface area (TPSA) is 24.1 Å². The van der Waals surface area contributed by atoms with E-state index < -0.39 is 0 Å². The third-order valence-corrected chi connectivity index (χ3v) is 7.80. The van der Waals surface area contributed by atoms with Gasteiger partial charge in [-0.25, -0.2) is 0 Å². The van der Waals surface area contributed by atoms with E-state index >= 15 is 0 Å². The first-order chi connectivity index (χ1) is 11.7. The minimum Gasteiger partial charge on any atom is -0.316 e. The Kier molecular flexibility index (Phi) is 8.19. The van der Waals surface area contributed by atoms with Crippen LogP contribution in [-0.2, 0) is 0 Å². The van der Waals surface area contributed by atoms with Gasteiger partial charge in [-0.2, -0.15) is 0 Å². The van der Waals surface area contributed by atoms with Crippen LogP contribution < -0.4 is 10.6 Å². The van der Waals surface area contributed by atoms with Crippen molar-refractivity contribution in [3.63, 3.8) is 0 Å². The summed E-state index contributed by atoms with van der Waals surface area (Å²) in [4.78, 5) is 0. The van der Waals surface area contributed by atoms with E-state index in [1.165, 1.54) is 11.1 Å². The molecule has 0 aliphatic carbocycles. The fourth-order valence-corrected chi connectivity index (χ4v) is 6.33. The highest BCUT2D eigenvalue weighted by Crippen LogP contribution is 2.48. The smallest absolute Gasteiger partial charge is 0.0551 e. The maximum absolute atomic E-state index is 3.42. The van der Waals surface area contributed by atoms with E-state index in [0.29, 0.717) is 22.6 Å². The summed E-state index contributed by atoms with van der Waals surface area (Å²) in [5.41, 5.74) is 2.75. The van der Waals surface area contributed by atoms with Crippen LogP contribution in [0.1, 0.15) is 35.5 Å². The molecule has 2 N–H and O–H groups in total. The van der Waals surface area contributed by atoms with Gasteiger partial charge in [-0.1, -0.05) is 82.3 Å². The molecule has 0 bridgehead atoms. The summed E-state index contributed by atoms with van der Waals surface area (Å²) in [6.45, 7) is 4.51. The molecule has 0 heterocycles. The molecule has 0 fully saturated rings. The van der Waals surface area contributed by atoms with Crippen LogP contribution in [0.3, 0.4) is 0 Å². The first kappa shape index (κ1) is 19.4. The number of likely N-dealkylation sites (N-methyl/N-ethyl adjacent to an activating group) is 2. The maximum atomic E-state index is 3.42. The van der Waals surface area contributed by atoms with Crippen LogP contribution in [-0.4, -0.2) is 26.2 Å². The molecule has 0 saturated carbocycles. The molecule has 0 aromatic heterocycles. The molecule has 2 nitrogen and oxygen atoms in total. The Morgan fingerprint density at radius 3 is 1.25 bits per heavy atom. The summed E-state index contributed by atoms with van der Waals surface area (Å²) in [5, 5.41) is 7.67. The first-order valence-corrected chi connectivity index (χ1v) is 10.7. The monoisotopic (exact) mass is 360 g/mol. The highest BCUT2D eigenvalue weighted by atomic mass is 33.1. The van der Waals surface area contributed by atoms with Crippen molar-refractivity contribution in [3.05, 3.63) is 71.8 Å². The SMILES string of the molecule is CN[C@H](C)[C@H](SS[C@H](c1ccccc1)[C@@H](C)NC)c1ccccc1. The summed E-state index contributed by atoms with van der Waals surface area (Å²) in [6.07, 6.45) is 0. The van der Waals surface area contributed by atoms with E-state index in [4.69, 9.17) is 0 Å². The van der Waals surface area contributed by atoms with Crippen LogP contribution >= 0.6 is 21.6 Å². The molecule has 0 unspecified atom stereocenters. The second kappa shape index (κ2) is 10.1. The molecule has 2 aromatic rings. The van der Waals surface area contributed by atoms with E-state index in [-0.39, 0.29) is 0 Å². The van der Waals surface area contributed by atoms with Gasteiger partial charge in [0.15, 0.2) is 0 Å². The summed E-state index contributed by atoms with van der Waals surface area (Å²) < 4.78 is 0. The van der Waals surface area contributed by atoms with Gasteiger partial charge in [-0.3, -0.25) is 0 Å². The molecule has 4 heteroatoms. The fourth-order valence-electron chi connectivity index (χ4n) is 2.56.